The first kappa shape index (κ1) is 27.6. The number of likely N-dealkylation sites (tertiary alicyclic amines) is 1. The van der Waals surface area contributed by atoms with Crippen LogP contribution in [-0.4, -0.2) is 47.7 Å². The molecule has 0 aromatic heterocycles. The van der Waals surface area contributed by atoms with Crippen LogP contribution in [-0.2, 0) is 14.3 Å². The van der Waals surface area contributed by atoms with E-state index in [1.165, 1.54) is 6.07 Å². The van der Waals surface area contributed by atoms with Crippen LogP contribution in [0.25, 0.3) is 0 Å². The Bertz CT molecular complexity index is 1170. The Kier molecular flexibility index (Phi) is 7.99. The summed E-state index contributed by atoms with van der Waals surface area (Å²) in [6.07, 6.45) is 5.36. The molecule has 6 nitrogen and oxygen atoms in total. The van der Waals surface area contributed by atoms with E-state index < -0.39 is 23.4 Å². The lowest BCUT2D eigenvalue weighted by atomic mass is 9.76. The predicted octanol–water partition coefficient (Wildman–Crippen LogP) is 6.44. The van der Waals surface area contributed by atoms with Crippen LogP contribution in [0.2, 0.25) is 0 Å². The summed E-state index contributed by atoms with van der Waals surface area (Å²) in [4.78, 5) is 29.8. The van der Waals surface area contributed by atoms with Crippen molar-refractivity contribution < 1.29 is 23.5 Å². The van der Waals surface area contributed by atoms with E-state index in [1.54, 1.807) is 19.1 Å². The van der Waals surface area contributed by atoms with Gasteiger partial charge in [0.05, 0.1) is 17.5 Å². The molecule has 2 aromatic rings. The molecule has 4 atom stereocenters. The van der Waals surface area contributed by atoms with Gasteiger partial charge in [-0.05, 0) is 95.0 Å². The van der Waals surface area contributed by atoms with Crippen molar-refractivity contribution in [1.82, 2.24) is 4.90 Å². The number of rotatable bonds is 5. The summed E-state index contributed by atoms with van der Waals surface area (Å²) in [6, 6.07) is 12.6. The fourth-order valence-corrected chi connectivity index (χ4v) is 6.67. The molecule has 1 aliphatic carbocycles. The second-order valence-electron chi connectivity index (χ2n) is 12.4. The van der Waals surface area contributed by atoms with Crippen LogP contribution in [0.15, 0.2) is 42.5 Å². The van der Waals surface area contributed by atoms with Gasteiger partial charge >= 0.3 is 5.97 Å². The molecule has 0 radical (unpaired) electrons. The monoisotopic (exact) mass is 536 g/mol. The molecule has 1 N–H and O–H groups in total. The van der Waals surface area contributed by atoms with E-state index in [-0.39, 0.29) is 29.4 Å². The Morgan fingerprint density at radius 3 is 2.41 bits per heavy atom. The minimum atomic E-state index is -0.650. The Balaban J connectivity index is 1.54. The second-order valence-corrected chi connectivity index (χ2v) is 12.4. The van der Waals surface area contributed by atoms with Gasteiger partial charge in [0.25, 0.3) is 5.91 Å². The Labute approximate surface area is 231 Å². The molecular weight excluding hydrogens is 495 g/mol. The van der Waals surface area contributed by atoms with Crippen molar-refractivity contribution in [1.29, 1.82) is 0 Å². The zero-order valence-corrected chi connectivity index (χ0v) is 23.5. The molecule has 2 aliphatic heterocycles. The number of carbonyl (C=O) groups excluding carboxylic acids is 2. The summed E-state index contributed by atoms with van der Waals surface area (Å²) in [5.41, 5.74) is 1.91. The van der Waals surface area contributed by atoms with Gasteiger partial charge in [0, 0.05) is 31.0 Å². The molecule has 0 bridgehead atoms. The van der Waals surface area contributed by atoms with Crippen molar-refractivity contribution in [2.75, 3.05) is 18.5 Å². The Hall–Kier alpha value is -2.93. The van der Waals surface area contributed by atoms with E-state index in [1.807, 2.05) is 49.9 Å². The van der Waals surface area contributed by atoms with Gasteiger partial charge in [-0.25, -0.2) is 4.39 Å². The summed E-state index contributed by atoms with van der Waals surface area (Å²) >= 11 is 0. The lowest BCUT2D eigenvalue weighted by Crippen LogP contribution is -2.54. The average Bonchev–Trinajstić information content (AvgIpc) is 3.36. The summed E-state index contributed by atoms with van der Waals surface area (Å²) in [7, 11) is 0. The molecule has 0 spiro atoms. The molecule has 210 valence electrons. The highest BCUT2D eigenvalue weighted by atomic mass is 19.1. The lowest BCUT2D eigenvalue weighted by Gasteiger charge is -2.48. The highest BCUT2D eigenvalue weighted by Crippen LogP contribution is 2.49. The molecule has 3 aliphatic rings. The van der Waals surface area contributed by atoms with E-state index >= 15 is 4.39 Å². The highest BCUT2D eigenvalue weighted by molar-refractivity contribution is 5.97. The van der Waals surface area contributed by atoms with Gasteiger partial charge < -0.3 is 19.7 Å². The van der Waals surface area contributed by atoms with E-state index in [9.17, 15) is 9.59 Å². The first-order valence-corrected chi connectivity index (χ1v) is 14.4. The van der Waals surface area contributed by atoms with Gasteiger partial charge in [0.1, 0.15) is 11.4 Å². The number of nitrogens with one attached hydrogen (secondary N) is 1. The number of anilines is 1. The van der Waals surface area contributed by atoms with E-state index in [2.05, 4.69) is 5.32 Å². The second kappa shape index (κ2) is 11.3. The minimum Gasteiger partial charge on any atom is -0.460 e. The number of nitrogens with zero attached hydrogens (tertiary/aromatic N) is 1. The van der Waals surface area contributed by atoms with Gasteiger partial charge in [-0.2, -0.15) is 0 Å². The largest absolute Gasteiger partial charge is 0.460 e. The van der Waals surface area contributed by atoms with Crippen molar-refractivity contribution in [2.45, 2.75) is 89.9 Å². The van der Waals surface area contributed by atoms with Crippen LogP contribution in [0.5, 0.6) is 0 Å². The maximum absolute atomic E-state index is 15.1. The van der Waals surface area contributed by atoms with Gasteiger partial charge in [-0.15, -0.1) is 0 Å². The zero-order chi connectivity index (χ0) is 27.7. The van der Waals surface area contributed by atoms with E-state index in [0.717, 1.165) is 56.6 Å². The topological polar surface area (TPSA) is 67.9 Å². The summed E-state index contributed by atoms with van der Waals surface area (Å²) < 4.78 is 26.5. The van der Waals surface area contributed by atoms with E-state index in [4.69, 9.17) is 9.47 Å². The molecule has 2 heterocycles. The molecule has 0 unspecified atom stereocenters. The first-order valence-electron chi connectivity index (χ1n) is 14.4. The standard InChI is InChI=1S/C32H41FN2O4/c1-20-7-5-9-26(33)28(20)30(36)35-27-10-6-8-22(27)19-25(31(37)39-32(2,3)4)29(35)21-11-13-23(14-12-21)34-24-15-17-38-18-16-24/h5,7,9,11-14,22,24-25,27,29,34H,6,8,10,15-19H2,1-4H3/t22-,25-,27-,29+/m1/s1. The number of amides is 1. The zero-order valence-electron chi connectivity index (χ0n) is 23.5. The summed E-state index contributed by atoms with van der Waals surface area (Å²) in [5, 5.41) is 3.59. The molecule has 5 rings (SSSR count). The van der Waals surface area contributed by atoms with Crippen LogP contribution in [0.1, 0.15) is 86.8 Å². The fraction of sp³-hybridized carbons (Fsp3) is 0.562. The fourth-order valence-electron chi connectivity index (χ4n) is 6.67. The van der Waals surface area contributed by atoms with Crippen molar-refractivity contribution >= 4 is 17.6 Å². The van der Waals surface area contributed by atoms with Crippen molar-refractivity contribution in [3.05, 3.63) is 65.0 Å². The van der Waals surface area contributed by atoms with Crippen molar-refractivity contribution in [2.24, 2.45) is 11.8 Å². The summed E-state index contributed by atoms with van der Waals surface area (Å²) in [6.45, 7) is 8.87. The quantitative estimate of drug-likeness (QED) is 0.446. The van der Waals surface area contributed by atoms with Crippen molar-refractivity contribution in [3.63, 3.8) is 0 Å². The third-order valence-corrected chi connectivity index (χ3v) is 8.44. The average molecular weight is 537 g/mol. The molecule has 2 saturated heterocycles. The number of halogens is 1. The van der Waals surface area contributed by atoms with Crippen LogP contribution in [0, 0.1) is 24.6 Å². The van der Waals surface area contributed by atoms with Crippen molar-refractivity contribution in [3.8, 4) is 0 Å². The number of ether oxygens (including phenoxy) is 2. The molecule has 1 saturated carbocycles. The van der Waals surface area contributed by atoms with Crippen LogP contribution < -0.4 is 5.32 Å². The third-order valence-electron chi connectivity index (χ3n) is 8.44. The number of hydrogen-bond acceptors (Lipinski definition) is 5. The third kappa shape index (κ3) is 5.98. The predicted molar refractivity (Wildman–Crippen MR) is 149 cm³/mol. The number of fused-ring (bicyclic) bond motifs is 1. The first-order chi connectivity index (χ1) is 18.6. The van der Waals surface area contributed by atoms with E-state index in [0.29, 0.717) is 18.0 Å². The number of carbonyl (C=O) groups is 2. The van der Waals surface area contributed by atoms with Gasteiger partial charge in [-0.3, -0.25) is 9.59 Å². The molecular formula is C32H41FN2O4. The normalized spacial score (nSPS) is 25.7. The van der Waals surface area contributed by atoms with Crippen LogP contribution in [0.3, 0.4) is 0 Å². The van der Waals surface area contributed by atoms with Gasteiger partial charge in [0.2, 0.25) is 0 Å². The molecule has 7 heteroatoms. The van der Waals surface area contributed by atoms with Crippen LogP contribution >= 0.6 is 0 Å². The summed E-state index contributed by atoms with van der Waals surface area (Å²) in [5.74, 6) is -1.52. The molecule has 3 fully saturated rings. The Morgan fingerprint density at radius 1 is 1.03 bits per heavy atom. The highest BCUT2D eigenvalue weighted by Gasteiger charge is 2.51. The smallest absolute Gasteiger partial charge is 0.311 e. The molecule has 1 amide bonds. The van der Waals surface area contributed by atoms with Crippen LogP contribution in [0.4, 0.5) is 10.1 Å². The van der Waals surface area contributed by atoms with Gasteiger partial charge in [0.15, 0.2) is 0 Å². The number of esters is 1. The minimum absolute atomic E-state index is 0.0415. The molecule has 2 aromatic carbocycles. The lowest BCUT2D eigenvalue weighted by molar-refractivity contribution is -0.165. The maximum atomic E-state index is 15.1. The number of hydrogen-bond donors (Lipinski definition) is 1. The Morgan fingerprint density at radius 2 is 1.74 bits per heavy atom. The van der Waals surface area contributed by atoms with Gasteiger partial charge in [-0.1, -0.05) is 30.7 Å². The maximum Gasteiger partial charge on any atom is 0.311 e. The number of aryl methyl sites for hydroxylation is 1. The molecule has 39 heavy (non-hydrogen) atoms. The number of piperidine rings is 1. The SMILES string of the molecule is Cc1cccc(F)c1C(=O)N1[C@@H]2CCC[C@@H]2C[C@@H](C(=O)OC(C)(C)C)[C@@H]1c1ccc(NC2CCOCC2)cc1. The number of benzene rings is 2.